The van der Waals surface area contributed by atoms with Crippen molar-refractivity contribution in [3.8, 4) is 0 Å². The highest BCUT2D eigenvalue weighted by Crippen LogP contribution is 2.61. The van der Waals surface area contributed by atoms with Crippen LogP contribution in [0.4, 0.5) is 0 Å². The molecule has 3 aliphatic rings. The van der Waals surface area contributed by atoms with E-state index in [1.54, 1.807) is 0 Å². The smallest absolute Gasteiger partial charge is 0.194 e. The van der Waals surface area contributed by atoms with Crippen molar-refractivity contribution < 1.29 is 19.6 Å². The molecule has 6 unspecified atom stereocenters. The van der Waals surface area contributed by atoms with Crippen LogP contribution in [-0.2, 0) is 19.6 Å². The molecule has 0 N–H and O–H groups in total. The van der Waals surface area contributed by atoms with Crippen molar-refractivity contribution in [2.75, 3.05) is 0 Å². The van der Waals surface area contributed by atoms with E-state index in [2.05, 4.69) is 69.2 Å². The Morgan fingerprint density at radius 2 is 0.808 bits per heavy atom. The minimum absolute atomic E-state index is 0.204. The van der Waals surface area contributed by atoms with E-state index in [0.29, 0.717) is 35.5 Å². The van der Waals surface area contributed by atoms with Crippen molar-refractivity contribution in [2.24, 2.45) is 46.3 Å². The molecule has 0 radical (unpaired) electrons. The van der Waals surface area contributed by atoms with Crippen LogP contribution < -0.4 is 0 Å². The van der Waals surface area contributed by atoms with Gasteiger partial charge in [-0.25, -0.2) is 0 Å². The first-order valence-electron chi connectivity index (χ1n) is 10.5. The summed E-state index contributed by atoms with van der Waals surface area (Å²) in [5.74, 6) is 1.34. The summed E-state index contributed by atoms with van der Waals surface area (Å²) in [5.41, 5.74) is -0.409. The predicted molar refractivity (Wildman–Crippen MR) is 102 cm³/mol. The van der Waals surface area contributed by atoms with Crippen LogP contribution in [0.2, 0.25) is 0 Å². The van der Waals surface area contributed by atoms with Crippen molar-refractivity contribution in [3.05, 3.63) is 0 Å². The molecular formula is C22H40O4. The molecule has 3 rings (SSSR count). The van der Waals surface area contributed by atoms with Crippen LogP contribution in [0.1, 0.15) is 82.1 Å². The number of hydrogen-bond donors (Lipinski definition) is 0. The largest absolute Gasteiger partial charge is 0.239 e. The number of rotatable bonds is 0. The minimum Gasteiger partial charge on any atom is -0.194 e. The number of hydrogen-bond acceptors (Lipinski definition) is 4. The van der Waals surface area contributed by atoms with Crippen molar-refractivity contribution in [1.29, 1.82) is 0 Å². The van der Waals surface area contributed by atoms with Crippen molar-refractivity contribution >= 4 is 0 Å². The maximum absolute atomic E-state index is 6.22. The second-order valence-electron chi connectivity index (χ2n) is 10.9. The van der Waals surface area contributed by atoms with Crippen LogP contribution in [0.25, 0.3) is 0 Å². The van der Waals surface area contributed by atoms with Crippen LogP contribution >= 0.6 is 0 Å². The summed E-state index contributed by atoms with van der Waals surface area (Å²) in [5, 5.41) is 0. The van der Waals surface area contributed by atoms with E-state index in [1.165, 1.54) is 0 Å². The van der Waals surface area contributed by atoms with E-state index >= 15 is 0 Å². The molecule has 4 heteroatoms. The van der Waals surface area contributed by atoms with Gasteiger partial charge in [-0.1, -0.05) is 69.2 Å². The van der Waals surface area contributed by atoms with E-state index in [1.807, 2.05) is 0 Å². The van der Waals surface area contributed by atoms with Gasteiger partial charge < -0.3 is 0 Å². The SMILES string of the molecule is CC1CC2(OOC3(CC(C)C(C)C(C)C3(C)C)OO2)C(C)(C)C(C)C1C. The summed E-state index contributed by atoms with van der Waals surface area (Å²) in [6.45, 7) is 22.6. The third kappa shape index (κ3) is 2.55. The molecule has 4 nitrogen and oxygen atoms in total. The van der Waals surface area contributed by atoms with Crippen molar-refractivity contribution in [3.63, 3.8) is 0 Å². The highest BCUT2D eigenvalue weighted by atomic mass is 17.4. The molecule has 0 aromatic carbocycles. The average Bonchev–Trinajstić information content (AvgIpc) is 2.58. The zero-order valence-corrected chi connectivity index (χ0v) is 18.5. The van der Waals surface area contributed by atoms with Gasteiger partial charge in [0.25, 0.3) is 0 Å². The minimum atomic E-state index is -0.852. The summed E-state index contributed by atoms with van der Waals surface area (Å²) in [7, 11) is 0. The maximum atomic E-state index is 6.22. The first-order valence-corrected chi connectivity index (χ1v) is 10.5. The summed E-state index contributed by atoms with van der Waals surface area (Å²) in [6.07, 6.45) is 1.56. The lowest BCUT2D eigenvalue weighted by molar-refractivity contribution is -0.693. The molecule has 152 valence electrons. The van der Waals surface area contributed by atoms with Crippen molar-refractivity contribution in [1.82, 2.24) is 0 Å². The molecule has 2 spiro atoms. The summed E-state index contributed by atoms with van der Waals surface area (Å²) in [6, 6.07) is 0. The van der Waals surface area contributed by atoms with E-state index in [9.17, 15) is 0 Å². The van der Waals surface area contributed by atoms with Crippen LogP contribution in [0.3, 0.4) is 0 Å². The predicted octanol–water partition coefficient (Wildman–Crippen LogP) is 5.97. The molecule has 6 atom stereocenters. The first-order chi connectivity index (χ1) is 11.8. The van der Waals surface area contributed by atoms with Gasteiger partial charge in [0, 0.05) is 23.7 Å². The van der Waals surface area contributed by atoms with Gasteiger partial charge in [0.15, 0.2) is 0 Å². The topological polar surface area (TPSA) is 36.9 Å². The molecule has 0 bridgehead atoms. The normalized spacial score (nSPS) is 53.8. The highest BCUT2D eigenvalue weighted by molar-refractivity contribution is 5.02. The Morgan fingerprint density at radius 1 is 0.538 bits per heavy atom. The van der Waals surface area contributed by atoms with Gasteiger partial charge in [-0.2, -0.15) is 19.6 Å². The first kappa shape index (κ1) is 20.6. The van der Waals surface area contributed by atoms with Crippen molar-refractivity contribution in [2.45, 2.75) is 93.7 Å². The van der Waals surface area contributed by atoms with E-state index in [0.717, 1.165) is 12.8 Å². The molecule has 1 aliphatic heterocycles. The molecule has 26 heavy (non-hydrogen) atoms. The lowest BCUT2D eigenvalue weighted by Gasteiger charge is -2.61. The highest BCUT2D eigenvalue weighted by Gasteiger charge is 2.67. The quantitative estimate of drug-likeness (QED) is 0.494. The van der Waals surface area contributed by atoms with Gasteiger partial charge in [0.05, 0.1) is 0 Å². The molecule has 3 fully saturated rings. The Bertz CT molecular complexity index is 484. The zero-order valence-electron chi connectivity index (χ0n) is 18.5. The van der Waals surface area contributed by atoms with Gasteiger partial charge in [-0.05, 0) is 35.5 Å². The molecular weight excluding hydrogens is 328 g/mol. The van der Waals surface area contributed by atoms with Gasteiger partial charge in [0.2, 0.25) is 11.6 Å². The molecule has 0 aromatic rings. The van der Waals surface area contributed by atoms with Gasteiger partial charge in [-0.3, -0.25) is 0 Å². The molecule has 2 saturated carbocycles. The Balaban J connectivity index is 1.88. The molecule has 0 amide bonds. The molecule has 1 heterocycles. The van der Waals surface area contributed by atoms with Crippen LogP contribution in [0, 0.1) is 46.3 Å². The zero-order chi connectivity index (χ0) is 19.7. The fourth-order valence-electron chi connectivity index (χ4n) is 5.60. The monoisotopic (exact) mass is 368 g/mol. The molecule has 1 saturated heterocycles. The van der Waals surface area contributed by atoms with Gasteiger partial charge in [-0.15, -0.1) is 0 Å². The standard InChI is InChI=1S/C22H40O4/c1-13-11-21(19(7,8)17(5)15(13)3)23-25-22(26-24-21)12-14(2)16(4)18(6)20(22,9)10/h13-18H,11-12H2,1-10H3. The van der Waals surface area contributed by atoms with E-state index in [4.69, 9.17) is 19.6 Å². The fourth-order valence-corrected chi connectivity index (χ4v) is 5.60. The van der Waals surface area contributed by atoms with Gasteiger partial charge in [0.1, 0.15) is 0 Å². The molecule has 2 aliphatic carbocycles. The third-order valence-electron chi connectivity index (χ3n) is 9.42. The average molecular weight is 369 g/mol. The van der Waals surface area contributed by atoms with E-state index < -0.39 is 11.6 Å². The molecule has 0 aromatic heterocycles. The summed E-state index contributed by atoms with van der Waals surface area (Å²) < 4.78 is 0. The Morgan fingerprint density at radius 3 is 1.08 bits per heavy atom. The Labute approximate surface area is 160 Å². The van der Waals surface area contributed by atoms with Crippen LogP contribution in [0.5, 0.6) is 0 Å². The second kappa shape index (κ2) is 6.17. The van der Waals surface area contributed by atoms with E-state index in [-0.39, 0.29) is 10.8 Å². The Kier molecular flexibility index (Phi) is 4.88. The fraction of sp³-hybridized carbons (Fsp3) is 1.00. The third-order valence-corrected chi connectivity index (χ3v) is 9.42. The Hall–Kier alpha value is -0.160. The lowest BCUT2D eigenvalue weighted by Crippen LogP contribution is -2.68. The lowest BCUT2D eigenvalue weighted by atomic mass is 9.57. The summed E-state index contributed by atoms with van der Waals surface area (Å²) in [4.78, 5) is 24.9. The summed E-state index contributed by atoms with van der Waals surface area (Å²) >= 11 is 0. The van der Waals surface area contributed by atoms with Crippen LogP contribution in [-0.4, -0.2) is 11.6 Å². The van der Waals surface area contributed by atoms with Crippen LogP contribution in [0.15, 0.2) is 0 Å². The second-order valence-corrected chi connectivity index (χ2v) is 10.9. The maximum Gasteiger partial charge on any atom is 0.239 e. The van der Waals surface area contributed by atoms with Gasteiger partial charge >= 0.3 is 0 Å².